The lowest BCUT2D eigenvalue weighted by molar-refractivity contribution is 0.0517. The number of carboxylic acid groups (broad SMARTS) is 1. The fourth-order valence-corrected chi connectivity index (χ4v) is 6.18. The van der Waals surface area contributed by atoms with E-state index in [-0.39, 0.29) is 30.2 Å². The van der Waals surface area contributed by atoms with Gasteiger partial charge in [0, 0.05) is 24.9 Å². The monoisotopic (exact) mass is 554 g/mol. The molecule has 0 aliphatic rings. The highest BCUT2D eigenvalue weighted by Gasteiger charge is 2.40. The van der Waals surface area contributed by atoms with Crippen molar-refractivity contribution in [2.75, 3.05) is 6.54 Å². The molecule has 1 unspecified atom stereocenters. The zero-order valence-corrected chi connectivity index (χ0v) is 22.6. The van der Waals surface area contributed by atoms with Crippen LogP contribution in [0.2, 0.25) is 0 Å². The predicted molar refractivity (Wildman–Crippen MR) is 147 cm³/mol. The molecule has 39 heavy (non-hydrogen) atoms. The number of nitrogens with one attached hydrogen (secondary N) is 1. The standard InChI is InChI=1S/C28H34N4O6S/c1-20(2)19-32(39(37,38)24-13-11-22(12-14-24)18-30-36)26(17-23-10-6-7-15-29-23)27(33)25(31-28(34)35)16-21-8-4-3-5-9-21/h3-15,18,20,25-27,31,33,36H,16-17,19H2,1-2H3,(H,34,35)/t25-,26?,27+/m0/s1. The minimum Gasteiger partial charge on any atom is -0.465 e. The Hall–Kier alpha value is -3.80. The Morgan fingerprint density at radius 1 is 1.03 bits per heavy atom. The molecule has 0 aliphatic heterocycles. The highest BCUT2D eigenvalue weighted by atomic mass is 32.2. The molecule has 208 valence electrons. The molecular weight excluding hydrogens is 520 g/mol. The van der Waals surface area contributed by atoms with Gasteiger partial charge < -0.3 is 20.7 Å². The van der Waals surface area contributed by atoms with E-state index in [2.05, 4.69) is 15.5 Å². The molecule has 0 fully saturated rings. The molecule has 0 saturated carbocycles. The molecular formula is C28H34N4O6S. The van der Waals surface area contributed by atoms with Crippen LogP contribution in [0, 0.1) is 5.92 Å². The summed E-state index contributed by atoms with van der Waals surface area (Å²) in [4.78, 5) is 16.1. The van der Waals surface area contributed by atoms with Crippen molar-refractivity contribution in [3.8, 4) is 0 Å². The number of carbonyl (C=O) groups is 1. The molecule has 3 atom stereocenters. The van der Waals surface area contributed by atoms with Gasteiger partial charge in [0.05, 0.1) is 29.3 Å². The SMILES string of the molecule is CC(C)CN(C(Cc1ccccn1)[C@H](O)[C@H](Cc1ccccc1)NC(=O)O)S(=O)(=O)c1ccc(C=NO)cc1. The predicted octanol–water partition coefficient (Wildman–Crippen LogP) is 3.39. The number of rotatable bonds is 13. The quantitative estimate of drug-likeness (QED) is 0.144. The van der Waals surface area contributed by atoms with Crippen LogP contribution >= 0.6 is 0 Å². The van der Waals surface area contributed by atoms with Gasteiger partial charge in [-0.15, -0.1) is 0 Å². The summed E-state index contributed by atoms with van der Waals surface area (Å²) < 4.78 is 29.3. The van der Waals surface area contributed by atoms with E-state index in [1.807, 2.05) is 44.2 Å². The highest BCUT2D eigenvalue weighted by molar-refractivity contribution is 7.89. The Morgan fingerprint density at radius 3 is 2.26 bits per heavy atom. The van der Waals surface area contributed by atoms with Crippen molar-refractivity contribution in [2.45, 2.75) is 49.8 Å². The second kappa shape index (κ2) is 13.8. The molecule has 1 aromatic heterocycles. The number of pyridine rings is 1. The first-order valence-electron chi connectivity index (χ1n) is 12.5. The second-order valence-corrected chi connectivity index (χ2v) is 11.5. The third-order valence-electron chi connectivity index (χ3n) is 6.17. The number of hydrogen-bond donors (Lipinski definition) is 4. The van der Waals surface area contributed by atoms with Crippen LogP contribution < -0.4 is 5.32 Å². The van der Waals surface area contributed by atoms with E-state index in [9.17, 15) is 23.4 Å². The Labute approximate surface area is 228 Å². The second-order valence-electron chi connectivity index (χ2n) is 9.61. The van der Waals surface area contributed by atoms with Crippen molar-refractivity contribution in [2.24, 2.45) is 11.1 Å². The first-order valence-corrected chi connectivity index (χ1v) is 14.0. The molecule has 0 saturated heterocycles. The van der Waals surface area contributed by atoms with E-state index < -0.39 is 34.3 Å². The van der Waals surface area contributed by atoms with Gasteiger partial charge in [0.2, 0.25) is 10.0 Å². The summed E-state index contributed by atoms with van der Waals surface area (Å²) in [5.41, 5.74) is 1.84. The van der Waals surface area contributed by atoms with Crippen LogP contribution in [0.25, 0.3) is 0 Å². The lowest BCUT2D eigenvalue weighted by Crippen LogP contribution is -2.57. The third-order valence-corrected chi connectivity index (χ3v) is 8.07. The Kier molecular flexibility index (Phi) is 10.6. The fourth-order valence-electron chi connectivity index (χ4n) is 4.38. The molecule has 4 N–H and O–H groups in total. The number of benzene rings is 2. The molecule has 3 rings (SSSR count). The lowest BCUT2D eigenvalue weighted by atomic mass is 9.93. The molecule has 0 spiro atoms. The minimum atomic E-state index is -4.16. The van der Waals surface area contributed by atoms with E-state index in [4.69, 9.17) is 5.21 Å². The van der Waals surface area contributed by atoms with Crippen molar-refractivity contribution in [3.63, 3.8) is 0 Å². The van der Waals surface area contributed by atoms with Crippen LogP contribution in [0.3, 0.4) is 0 Å². The first kappa shape index (κ1) is 29.8. The van der Waals surface area contributed by atoms with Gasteiger partial charge in [0.15, 0.2) is 0 Å². The van der Waals surface area contributed by atoms with Crippen LogP contribution in [0.4, 0.5) is 4.79 Å². The smallest absolute Gasteiger partial charge is 0.404 e. The molecule has 0 aliphatic carbocycles. The molecule has 0 radical (unpaired) electrons. The number of oxime groups is 1. The van der Waals surface area contributed by atoms with Gasteiger partial charge in [-0.3, -0.25) is 4.98 Å². The largest absolute Gasteiger partial charge is 0.465 e. The maximum absolute atomic E-state index is 14.1. The highest BCUT2D eigenvalue weighted by Crippen LogP contribution is 2.26. The van der Waals surface area contributed by atoms with E-state index in [0.717, 1.165) is 5.56 Å². The first-order chi connectivity index (χ1) is 18.6. The van der Waals surface area contributed by atoms with E-state index in [1.54, 1.807) is 24.4 Å². The minimum absolute atomic E-state index is 0.0118. The zero-order valence-electron chi connectivity index (χ0n) is 21.8. The molecule has 3 aromatic rings. The normalized spacial score (nSPS) is 14.4. The lowest BCUT2D eigenvalue weighted by Gasteiger charge is -2.38. The molecule has 11 heteroatoms. The van der Waals surface area contributed by atoms with Crippen LogP contribution in [-0.2, 0) is 22.9 Å². The summed E-state index contributed by atoms with van der Waals surface area (Å²) in [6.45, 7) is 3.80. The summed E-state index contributed by atoms with van der Waals surface area (Å²) in [7, 11) is -4.16. The molecule has 1 amide bonds. The Bertz CT molecular complexity index is 1320. The molecule has 0 bridgehead atoms. The summed E-state index contributed by atoms with van der Waals surface area (Å²) in [6, 6.07) is 18.1. The summed E-state index contributed by atoms with van der Waals surface area (Å²) in [5.74, 6) is -0.112. The maximum atomic E-state index is 14.1. The van der Waals surface area contributed by atoms with Crippen molar-refractivity contribution >= 4 is 22.3 Å². The number of nitrogens with zero attached hydrogens (tertiary/aromatic N) is 3. The van der Waals surface area contributed by atoms with E-state index in [0.29, 0.717) is 11.3 Å². The maximum Gasteiger partial charge on any atom is 0.404 e. The number of aromatic nitrogens is 1. The number of amides is 1. The molecule has 1 heterocycles. The summed E-state index contributed by atoms with van der Waals surface area (Å²) in [6.07, 6.45) is 0.219. The van der Waals surface area contributed by atoms with Crippen LogP contribution in [0.1, 0.15) is 30.7 Å². The summed E-state index contributed by atoms with van der Waals surface area (Å²) >= 11 is 0. The van der Waals surface area contributed by atoms with Gasteiger partial charge in [0.1, 0.15) is 0 Å². The van der Waals surface area contributed by atoms with Crippen LogP contribution in [0.15, 0.2) is 89.0 Å². The van der Waals surface area contributed by atoms with Crippen molar-refractivity contribution in [3.05, 3.63) is 95.8 Å². The number of aliphatic hydroxyl groups is 1. The van der Waals surface area contributed by atoms with Gasteiger partial charge in [-0.2, -0.15) is 4.31 Å². The topological polar surface area (TPSA) is 152 Å². The average Bonchev–Trinajstić information content (AvgIpc) is 2.91. The van der Waals surface area contributed by atoms with E-state index >= 15 is 0 Å². The van der Waals surface area contributed by atoms with Gasteiger partial charge in [-0.05, 0) is 47.7 Å². The van der Waals surface area contributed by atoms with E-state index in [1.165, 1.54) is 34.8 Å². The van der Waals surface area contributed by atoms with Crippen molar-refractivity contribution in [1.82, 2.24) is 14.6 Å². The van der Waals surface area contributed by atoms with Gasteiger partial charge in [-0.1, -0.05) is 67.5 Å². The average molecular weight is 555 g/mol. The van der Waals surface area contributed by atoms with Crippen LogP contribution in [0.5, 0.6) is 0 Å². The zero-order chi connectivity index (χ0) is 28.4. The fraction of sp³-hybridized carbons (Fsp3) is 0.321. The van der Waals surface area contributed by atoms with Crippen molar-refractivity contribution < 1.29 is 28.6 Å². The summed E-state index contributed by atoms with van der Waals surface area (Å²) in [5, 5.41) is 35.5. The number of sulfonamides is 1. The van der Waals surface area contributed by atoms with Gasteiger partial charge in [-0.25, -0.2) is 13.2 Å². The Morgan fingerprint density at radius 2 is 1.69 bits per heavy atom. The molecule has 2 aromatic carbocycles. The van der Waals surface area contributed by atoms with Crippen molar-refractivity contribution in [1.29, 1.82) is 0 Å². The number of aliphatic hydroxyl groups excluding tert-OH is 1. The number of hydrogen-bond acceptors (Lipinski definition) is 7. The molecule has 10 nitrogen and oxygen atoms in total. The van der Waals surface area contributed by atoms with Gasteiger partial charge >= 0.3 is 6.09 Å². The third kappa shape index (κ3) is 8.34. The van der Waals surface area contributed by atoms with Crippen LogP contribution in [-0.4, -0.2) is 70.2 Å². The van der Waals surface area contributed by atoms with Gasteiger partial charge in [0.25, 0.3) is 0 Å². The Balaban J connectivity index is 2.09.